The maximum absolute atomic E-state index is 12.5. The second kappa shape index (κ2) is 8.68. The van der Waals surface area contributed by atoms with Crippen LogP contribution in [0.1, 0.15) is 20.3 Å². The van der Waals surface area contributed by atoms with Crippen LogP contribution >= 0.6 is 34.9 Å². The van der Waals surface area contributed by atoms with Gasteiger partial charge in [0.15, 0.2) is 0 Å². The van der Waals surface area contributed by atoms with Crippen molar-refractivity contribution < 1.29 is 19.8 Å². The maximum atomic E-state index is 12.5. The van der Waals surface area contributed by atoms with Gasteiger partial charge in [-0.3, -0.25) is 4.79 Å². The molecule has 3 aliphatic rings. The van der Waals surface area contributed by atoms with Crippen molar-refractivity contribution >= 4 is 56.8 Å². The van der Waals surface area contributed by atoms with Crippen LogP contribution in [0.2, 0.25) is 0 Å². The predicted molar refractivity (Wildman–Crippen MR) is 130 cm³/mol. The lowest BCUT2D eigenvalue weighted by Gasteiger charge is -2.46. The fourth-order valence-electron chi connectivity index (χ4n) is 5.07. The summed E-state index contributed by atoms with van der Waals surface area (Å²) in [5.74, 6) is -0.934. The molecule has 2 fully saturated rings. The lowest BCUT2D eigenvalue weighted by molar-refractivity contribution is -0.163. The third-order valence-corrected chi connectivity index (χ3v) is 10.6. The zero-order valence-corrected chi connectivity index (χ0v) is 20.3. The molecule has 2 aromatic rings. The van der Waals surface area contributed by atoms with E-state index >= 15 is 0 Å². The predicted octanol–water partition coefficient (Wildman–Crippen LogP) is 3.61. The summed E-state index contributed by atoms with van der Waals surface area (Å²) in [5.41, 5.74) is 0.123. The number of rotatable bonds is 7. The van der Waals surface area contributed by atoms with E-state index in [0.29, 0.717) is 6.04 Å². The highest BCUT2D eigenvalue weighted by Gasteiger charge is 2.60. The SMILES string of the molecule is C[C@@H](O)[C@H]1C(=O)N2C(C(=O)O)=C(S[C@@H]3CN[C@H](CSc4cc5ccccc5s4)C3)[C@H](C)[C@H]12. The maximum Gasteiger partial charge on any atom is 0.353 e. The van der Waals surface area contributed by atoms with Crippen LogP contribution in [-0.2, 0) is 9.59 Å². The molecule has 2 saturated heterocycles. The fourth-order valence-corrected chi connectivity index (χ4v) is 8.92. The zero-order chi connectivity index (χ0) is 22.6. The van der Waals surface area contributed by atoms with E-state index in [-0.39, 0.29) is 28.8 Å². The monoisotopic (exact) mass is 490 g/mol. The van der Waals surface area contributed by atoms with E-state index in [2.05, 4.69) is 35.6 Å². The first-order valence-electron chi connectivity index (χ1n) is 10.8. The Morgan fingerprint density at radius 2 is 2.16 bits per heavy atom. The van der Waals surface area contributed by atoms with E-state index < -0.39 is 18.0 Å². The summed E-state index contributed by atoms with van der Waals surface area (Å²) in [4.78, 5) is 26.7. The number of fused-ring (bicyclic) bond motifs is 2. The molecule has 1 aromatic carbocycles. The number of nitrogens with one attached hydrogen (secondary N) is 1. The van der Waals surface area contributed by atoms with Crippen LogP contribution in [0.3, 0.4) is 0 Å². The smallest absolute Gasteiger partial charge is 0.353 e. The minimum atomic E-state index is -1.05. The van der Waals surface area contributed by atoms with Crippen LogP contribution in [0.5, 0.6) is 0 Å². The van der Waals surface area contributed by atoms with Gasteiger partial charge in [-0.15, -0.1) is 34.9 Å². The number of carboxylic acid groups (broad SMARTS) is 1. The molecular formula is C23H26N2O4S3. The lowest BCUT2D eigenvalue weighted by Crippen LogP contribution is -2.63. The molecule has 0 spiro atoms. The Hall–Kier alpha value is -1.52. The molecular weight excluding hydrogens is 464 g/mol. The number of carbonyl (C=O) groups excluding carboxylic acids is 1. The van der Waals surface area contributed by atoms with E-state index in [1.54, 1.807) is 18.7 Å². The quantitative estimate of drug-likeness (QED) is 0.404. The number of thioether (sulfide) groups is 2. The molecule has 0 aliphatic carbocycles. The molecule has 6 atom stereocenters. The van der Waals surface area contributed by atoms with Crippen molar-refractivity contribution in [3.05, 3.63) is 40.9 Å². The summed E-state index contributed by atoms with van der Waals surface area (Å²) < 4.78 is 2.62. The Kier molecular flexibility index (Phi) is 6.05. The molecule has 0 bridgehead atoms. The number of aliphatic carboxylic acids is 1. The number of carbonyl (C=O) groups is 2. The number of amides is 1. The van der Waals surface area contributed by atoms with Crippen molar-refractivity contribution in [3.8, 4) is 0 Å². The molecule has 3 aliphatic heterocycles. The number of aliphatic hydroxyl groups is 1. The van der Waals surface area contributed by atoms with Crippen molar-refractivity contribution in [1.82, 2.24) is 10.2 Å². The summed E-state index contributed by atoms with van der Waals surface area (Å²) in [5, 5.41) is 25.0. The Bertz CT molecular complexity index is 1060. The van der Waals surface area contributed by atoms with Crippen molar-refractivity contribution in [3.63, 3.8) is 0 Å². The average Bonchev–Trinajstić information content (AvgIpc) is 3.42. The highest BCUT2D eigenvalue weighted by atomic mass is 32.2. The largest absolute Gasteiger partial charge is 0.477 e. The third-order valence-electron chi connectivity index (χ3n) is 6.62. The number of β-lactam (4-membered cyclic amide) rings is 1. The Morgan fingerprint density at radius 1 is 1.38 bits per heavy atom. The first-order valence-corrected chi connectivity index (χ1v) is 13.5. The number of benzene rings is 1. The average molecular weight is 491 g/mol. The molecule has 5 rings (SSSR count). The van der Waals surface area contributed by atoms with Gasteiger partial charge in [-0.2, -0.15) is 0 Å². The van der Waals surface area contributed by atoms with Crippen molar-refractivity contribution in [1.29, 1.82) is 0 Å². The van der Waals surface area contributed by atoms with E-state index in [9.17, 15) is 19.8 Å². The van der Waals surface area contributed by atoms with Gasteiger partial charge >= 0.3 is 5.97 Å². The first kappa shape index (κ1) is 22.3. The number of hydrogen-bond acceptors (Lipinski definition) is 7. The second-order valence-corrected chi connectivity index (χ2v) is 12.5. The molecule has 9 heteroatoms. The molecule has 3 N–H and O–H groups in total. The van der Waals surface area contributed by atoms with Crippen molar-refractivity contribution in [2.24, 2.45) is 11.8 Å². The molecule has 170 valence electrons. The molecule has 32 heavy (non-hydrogen) atoms. The Labute approximate surface area is 199 Å². The molecule has 1 amide bonds. The second-order valence-electron chi connectivity index (χ2n) is 8.77. The molecule has 6 nitrogen and oxygen atoms in total. The molecule has 0 unspecified atom stereocenters. The van der Waals surface area contributed by atoms with Gasteiger partial charge in [0.05, 0.1) is 22.3 Å². The highest BCUT2D eigenvalue weighted by Crippen LogP contribution is 2.52. The van der Waals surface area contributed by atoms with Crippen LogP contribution in [-0.4, -0.2) is 62.7 Å². The summed E-state index contributed by atoms with van der Waals surface area (Å²) in [6, 6.07) is 10.8. The molecule has 0 saturated carbocycles. The van der Waals surface area contributed by atoms with Crippen LogP contribution in [0.4, 0.5) is 0 Å². The van der Waals surface area contributed by atoms with Gasteiger partial charge in [-0.05, 0) is 30.9 Å². The minimum absolute atomic E-state index is 0.0737. The van der Waals surface area contributed by atoms with Crippen LogP contribution in [0.25, 0.3) is 10.1 Å². The lowest BCUT2D eigenvalue weighted by atomic mass is 9.79. The summed E-state index contributed by atoms with van der Waals surface area (Å²) >= 11 is 5.30. The normalized spacial score (nSPS) is 30.7. The fraction of sp³-hybridized carbons (Fsp3) is 0.478. The number of carboxylic acids is 1. The minimum Gasteiger partial charge on any atom is -0.477 e. The molecule has 1 aromatic heterocycles. The molecule has 4 heterocycles. The standard InChI is InChI=1S/C23H26N2O4S3/c1-11-19-18(12(2)26)22(27)25(19)20(23(28)29)21(11)31-15-8-14(24-9-15)10-30-17-7-13-5-3-4-6-16(13)32-17/h3-7,11-12,14-15,18-19,24,26H,8-10H2,1-2H3,(H,28,29)/t11-,12-,14+,15+,18-,19-/m1/s1. The summed E-state index contributed by atoms with van der Waals surface area (Å²) in [6.07, 6.45) is 0.193. The van der Waals surface area contributed by atoms with E-state index in [1.807, 2.05) is 30.0 Å². The molecule has 0 radical (unpaired) electrons. The van der Waals surface area contributed by atoms with Crippen LogP contribution in [0, 0.1) is 11.8 Å². The first-order chi connectivity index (χ1) is 15.3. The van der Waals surface area contributed by atoms with E-state index in [0.717, 1.165) is 23.6 Å². The zero-order valence-electron chi connectivity index (χ0n) is 17.9. The van der Waals surface area contributed by atoms with Crippen LogP contribution in [0.15, 0.2) is 45.1 Å². The van der Waals surface area contributed by atoms with E-state index in [4.69, 9.17) is 0 Å². The van der Waals surface area contributed by atoms with Crippen molar-refractivity contribution in [2.45, 2.75) is 47.9 Å². The summed E-state index contributed by atoms with van der Waals surface area (Å²) in [7, 11) is 0. The van der Waals surface area contributed by atoms with Gasteiger partial charge in [0.1, 0.15) is 5.70 Å². The number of hydrogen-bond donors (Lipinski definition) is 3. The third kappa shape index (κ3) is 3.77. The van der Waals surface area contributed by atoms with E-state index in [1.165, 1.54) is 19.2 Å². The Morgan fingerprint density at radius 3 is 2.88 bits per heavy atom. The van der Waals surface area contributed by atoms with Gasteiger partial charge in [0.25, 0.3) is 0 Å². The summed E-state index contributed by atoms with van der Waals surface area (Å²) in [6.45, 7) is 4.41. The number of aliphatic hydroxyl groups excluding tert-OH is 1. The van der Waals surface area contributed by atoms with Gasteiger partial charge in [0.2, 0.25) is 5.91 Å². The highest BCUT2D eigenvalue weighted by molar-refractivity contribution is 8.03. The van der Waals surface area contributed by atoms with Crippen molar-refractivity contribution in [2.75, 3.05) is 12.3 Å². The van der Waals surface area contributed by atoms with Crippen LogP contribution < -0.4 is 5.32 Å². The van der Waals surface area contributed by atoms with Gasteiger partial charge in [-0.25, -0.2) is 4.79 Å². The number of nitrogens with zero attached hydrogens (tertiary/aromatic N) is 1. The topological polar surface area (TPSA) is 89.9 Å². The van der Waals surface area contributed by atoms with Gasteiger partial charge in [0, 0.05) is 39.1 Å². The Balaban J connectivity index is 1.23. The van der Waals surface area contributed by atoms with Gasteiger partial charge < -0.3 is 20.4 Å². The van der Waals surface area contributed by atoms with Gasteiger partial charge in [-0.1, -0.05) is 25.1 Å². The number of thiophene rings is 1.